The quantitative estimate of drug-likeness (QED) is 0.887. The first-order valence-corrected chi connectivity index (χ1v) is 5.42. The van der Waals surface area contributed by atoms with Gasteiger partial charge >= 0.3 is 5.97 Å². The highest BCUT2D eigenvalue weighted by Crippen LogP contribution is 2.20. The van der Waals surface area contributed by atoms with E-state index in [9.17, 15) is 9.59 Å². The number of nitrogens with one attached hydrogen (secondary N) is 1. The Morgan fingerprint density at radius 3 is 2.75 bits per heavy atom. The average molecular weight is 287 g/mol. The van der Waals surface area contributed by atoms with Gasteiger partial charge in [0.05, 0.1) is 10.9 Å². The minimum Gasteiger partial charge on any atom is -0.481 e. The second-order valence-corrected chi connectivity index (χ2v) is 4.14. The van der Waals surface area contributed by atoms with Crippen LogP contribution >= 0.6 is 15.9 Å². The van der Waals surface area contributed by atoms with Crippen molar-refractivity contribution in [3.05, 3.63) is 22.3 Å². The molecule has 5 nitrogen and oxygen atoms in total. The van der Waals surface area contributed by atoms with E-state index < -0.39 is 5.97 Å². The number of hydrogen-bond donors (Lipinski definition) is 2. The maximum Gasteiger partial charge on any atom is 0.303 e. The van der Waals surface area contributed by atoms with Crippen LogP contribution in [0, 0.1) is 6.92 Å². The zero-order valence-corrected chi connectivity index (χ0v) is 10.2. The molecule has 86 valence electrons. The molecule has 0 bridgehead atoms. The van der Waals surface area contributed by atoms with Crippen LogP contribution in [-0.4, -0.2) is 22.0 Å². The third-order valence-electron chi connectivity index (χ3n) is 1.80. The monoisotopic (exact) mass is 286 g/mol. The topological polar surface area (TPSA) is 79.3 Å². The molecule has 0 aromatic carbocycles. The SMILES string of the molecule is Cc1cnc(NC(=O)CCC(=O)O)c(Br)c1. The van der Waals surface area contributed by atoms with E-state index in [1.165, 1.54) is 0 Å². The van der Waals surface area contributed by atoms with Crippen molar-refractivity contribution < 1.29 is 14.7 Å². The standard InChI is InChI=1S/C10H11BrN2O3/c1-6-4-7(11)10(12-5-6)13-8(14)2-3-9(15)16/h4-5H,2-3H2,1H3,(H,15,16)(H,12,13,14). The Kier molecular flexibility index (Phi) is 4.42. The number of carbonyl (C=O) groups excluding carboxylic acids is 1. The zero-order valence-electron chi connectivity index (χ0n) is 8.66. The first-order valence-electron chi connectivity index (χ1n) is 4.63. The fourth-order valence-electron chi connectivity index (χ4n) is 1.04. The Balaban J connectivity index is 2.59. The summed E-state index contributed by atoms with van der Waals surface area (Å²) in [6.45, 7) is 1.88. The zero-order chi connectivity index (χ0) is 12.1. The molecule has 16 heavy (non-hydrogen) atoms. The molecule has 0 spiro atoms. The molecule has 1 heterocycles. The number of nitrogens with zero attached hydrogens (tertiary/aromatic N) is 1. The maximum atomic E-state index is 11.3. The van der Waals surface area contributed by atoms with E-state index in [1.807, 2.05) is 13.0 Å². The smallest absolute Gasteiger partial charge is 0.303 e. The summed E-state index contributed by atoms with van der Waals surface area (Å²) in [6, 6.07) is 1.82. The number of aromatic nitrogens is 1. The summed E-state index contributed by atoms with van der Waals surface area (Å²) in [6.07, 6.45) is 1.38. The molecule has 1 aromatic heterocycles. The minimum atomic E-state index is -0.994. The summed E-state index contributed by atoms with van der Waals surface area (Å²) in [5.41, 5.74) is 0.968. The average Bonchev–Trinajstić information content (AvgIpc) is 2.19. The number of amides is 1. The Bertz CT molecular complexity index is 421. The number of carbonyl (C=O) groups is 2. The normalized spacial score (nSPS) is 9.88. The number of halogens is 1. The molecule has 0 unspecified atom stereocenters. The van der Waals surface area contributed by atoms with E-state index >= 15 is 0 Å². The van der Waals surface area contributed by atoms with E-state index in [1.54, 1.807) is 6.20 Å². The number of rotatable bonds is 4. The lowest BCUT2D eigenvalue weighted by Crippen LogP contribution is -2.14. The van der Waals surface area contributed by atoms with Crippen LogP contribution < -0.4 is 5.32 Å². The van der Waals surface area contributed by atoms with Gasteiger partial charge in [0, 0.05) is 12.6 Å². The van der Waals surface area contributed by atoms with Crippen molar-refractivity contribution in [1.29, 1.82) is 0 Å². The lowest BCUT2D eigenvalue weighted by Gasteiger charge is -2.05. The molecule has 0 aliphatic rings. The van der Waals surface area contributed by atoms with Gasteiger partial charge < -0.3 is 10.4 Å². The second-order valence-electron chi connectivity index (χ2n) is 3.29. The van der Waals surface area contributed by atoms with Gasteiger partial charge in [-0.1, -0.05) is 0 Å². The van der Waals surface area contributed by atoms with Gasteiger partial charge in [0.1, 0.15) is 5.82 Å². The van der Waals surface area contributed by atoms with Gasteiger partial charge in [0.2, 0.25) is 5.91 Å². The molecule has 1 aromatic rings. The van der Waals surface area contributed by atoms with Crippen molar-refractivity contribution in [3.8, 4) is 0 Å². The van der Waals surface area contributed by atoms with Gasteiger partial charge in [-0.15, -0.1) is 0 Å². The molecule has 0 aliphatic heterocycles. The highest BCUT2D eigenvalue weighted by Gasteiger charge is 2.08. The summed E-state index contributed by atoms with van der Waals surface area (Å²) < 4.78 is 0.677. The van der Waals surface area contributed by atoms with Crippen LogP contribution in [0.5, 0.6) is 0 Å². The highest BCUT2D eigenvalue weighted by atomic mass is 79.9. The molecule has 0 radical (unpaired) electrons. The molecule has 0 atom stereocenters. The maximum absolute atomic E-state index is 11.3. The van der Waals surface area contributed by atoms with Crippen molar-refractivity contribution in [2.24, 2.45) is 0 Å². The van der Waals surface area contributed by atoms with Gasteiger partial charge in [0.25, 0.3) is 0 Å². The molecule has 0 fully saturated rings. The third kappa shape index (κ3) is 3.98. The van der Waals surface area contributed by atoms with Crippen LogP contribution in [0.3, 0.4) is 0 Å². The highest BCUT2D eigenvalue weighted by molar-refractivity contribution is 9.10. The van der Waals surface area contributed by atoms with E-state index in [2.05, 4.69) is 26.2 Å². The summed E-state index contributed by atoms with van der Waals surface area (Å²) in [4.78, 5) is 25.6. The number of pyridine rings is 1. The van der Waals surface area contributed by atoms with E-state index in [0.29, 0.717) is 10.3 Å². The van der Waals surface area contributed by atoms with Crippen LogP contribution in [0.1, 0.15) is 18.4 Å². The summed E-state index contributed by atoms with van der Waals surface area (Å²) in [5, 5.41) is 10.9. The fraction of sp³-hybridized carbons (Fsp3) is 0.300. The van der Waals surface area contributed by atoms with Crippen LogP contribution in [0.25, 0.3) is 0 Å². The van der Waals surface area contributed by atoms with E-state index in [0.717, 1.165) is 5.56 Å². The van der Waals surface area contributed by atoms with Gasteiger partial charge in [-0.3, -0.25) is 9.59 Å². The minimum absolute atomic E-state index is 0.0582. The van der Waals surface area contributed by atoms with Gasteiger partial charge in [-0.2, -0.15) is 0 Å². The number of aryl methyl sites for hydroxylation is 1. The van der Waals surface area contributed by atoms with Crippen molar-refractivity contribution in [2.75, 3.05) is 5.32 Å². The van der Waals surface area contributed by atoms with Gasteiger partial charge in [0.15, 0.2) is 0 Å². The number of carboxylic acids is 1. The summed E-state index contributed by atoms with van der Waals surface area (Å²) >= 11 is 3.26. The molecule has 0 saturated carbocycles. The number of aliphatic carboxylic acids is 1. The third-order valence-corrected chi connectivity index (χ3v) is 2.41. The Labute approximate surface area is 101 Å². The van der Waals surface area contributed by atoms with Crippen LogP contribution in [0.15, 0.2) is 16.7 Å². The Hall–Kier alpha value is -1.43. The van der Waals surface area contributed by atoms with Crippen molar-refractivity contribution in [2.45, 2.75) is 19.8 Å². The predicted octanol–water partition coefficient (Wildman–Crippen LogP) is 1.96. The Morgan fingerprint density at radius 2 is 2.19 bits per heavy atom. The molecule has 6 heteroatoms. The second kappa shape index (κ2) is 5.60. The van der Waals surface area contributed by atoms with Gasteiger partial charge in [-0.25, -0.2) is 4.98 Å². The Morgan fingerprint density at radius 1 is 1.50 bits per heavy atom. The van der Waals surface area contributed by atoms with Crippen molar-refractivity contribution >= 4 is 33.6 Å². The number of anilines is 1. The molecule has 2 N–H and O–H groups in total. The predicted molar refractivity (Wildman–Crippen MR) is 62.2 cm³/mol. The van der Waals surface area contributed by atoms with Crippen LogP contribution in [0.2, 0.25) is 0 Å². The lowest BCUT2D eigenvalue weighted by molar-refractivity contribution is -0.138. The van der Waals surface area contributed by atoms with Crippen LogP contribution in [0.4, 0.5) is 5.82 Å². The molecule has 0 aliphatic carbocycles. The molecular formula is C10H11BrN2O3. The lowest BCUT2D eigenvalue weighted by atomic mass is 10.3. The molecule has 1 amide bonds. The molecule has 1 rings (SSSR count). The largest absolute Gasteiger partial charge is 0.481 e. The molecule has 0 saturated heterocycles. The summed E-state index contributed by atoms with van der Waals surface area (Å²) in [5.74, 6) is -0.952. The van der Waals surface area contributed by atoms with E-state index in [-0.39, 0.29) is 18.7 Å². The van der Waals surface area contributed by atoms with Crippen LogP contribution in [-0.2, 0) is 9.59 Å². The number of carboxylic acid groups (broad SMARTS) is 1. The number of hydrogen-bond acceptors (Lipinski definition) is 3. The molecular weight excluding hydrogens is 276 g/mol. The van der Waals surface area contributed by atoms with Gasteiger partial charge in [-0.05, 0) is 34.5 Å². The summed E-state index contributed by atoms with van der Waals surface area (Å²) in [7, 11) is 0. The first-order chi connectivity index (χ1) is 7.49. The van der Waals surface area contributed by atoms with Crippen molar-refractivity contribution in [3.63, 3.8) is 0 Å². The van der Waals surface area contributed by atoms with E-state index in [4.69, 9.17) is 5.11 Å². The fourth-order valence-corrected chi connectivity index (χ4v) is 1.60. The first kappa shape index (κ1) is 12.6. The van der Waals surface area contributed by atoms with Crippen molar-refractivity contribution in [1.82, 2.24) is 4.98 Å².